The molecule has 0 aliphatic carbocycles. The van der Waals surface area contributed by atoms with Gasteiger partial charge in [-0.05, 0) is 13.3 Å². The number of allylic oxidation sites excluding steroid dienone is 2. The molecule has 0 aromatic carbocycles. The third-order valence-corrected chi connectivity index (χ3v) is 1.58. The van der Waals surface area contributed by atoms with Crippen LogP contribution in [-0.2, 0) is 0 Å². The molecule has 0 unspecified atom stereocenters. The minimum Gasteiger partial charge on any atom is -0.388 e. The lowest BCUT2D eigenvalue weighted by molar-refractivity contribution is 0.461. The molecule has 0 aromatic heterocycles. The zero-order valence-corrected chi connectivity index (χ0v) is 8.49. The zero-order valence-electron chi connectivity index (χ0n) is 8.49. The van der Waals surface area contributed by atoms with Crippen molar-refractivity contribution in [2.24, 2.45) is 5.41 Å². The normalized spacial score (nSPS) is 13.4. The summed E-state index contributed by atoms with van der Waals surface area (Å²) in [6.45, 7) is 12.0. The molecule has 0 heterocycles. The lowest BCUT2D eigenvalue weighted by Gasteiger charge is -2.23. The molecule has 1 N–H and O–H groups in total. The molecule has 0 atom stereocenters. The Kier molecular flexibility index (Phi) is 4.24. The molecule has 0 fully saturated rings. The van der Waals surface area contributed by atoms with Crippen molar-refractivity contribution in [3.05, 3.63) is 11.8 Å². The molecular weight excluding hydrogens is 134 g/mol. The molecule has 11 heavy (non-hydrogen) atoms. The first-order valence-electron chi connectivity index (χ1n) is 4.46. The standard InChI is InChI=1S/C10H21N/c1-6-8-9(11-7-2)10(3,4)5/h8,11H,6-7H2,1-5H3/b9-8-. The molecule has 0 spiro atoms. The summed E-state index contributed by atoms with van der Waals surface area (Å²) in [6, 6.07) is 0. The maximum atomic E-state index is 3.38. The van der Waals surface area contributed by atoms with E-state index in [-0.39, 0.29) is 5.41 Å². The Bertz CT molecular complexity index is 128. The predicted octanol–water partition coefficient (Wildman–Crippen LogP) is 2.94. The van der Waals surface area contributed by atoms with Crippen molar-refractivity contribution in [3.8, 4) is 0 Å². The minimum absolute atomic E-state index is 0.270. The molecule has 0 saturated heterocycles. The van der Waals surface area contributed by atoms with E-state index in [4.69, 9.17) is 0 Å². The second kappa shape index (κ2) is 4.42. The van der Waals surface area contributed by atoms with Crippen LogP contribution in [0.5, 0.6) is 0 Å². The van der Waals surface area contributed by atoms with Crippen LogP contribution in [0.1, 0.15) is 41.0 Å². The summed E-state index contributed by atoms with van der Waals surface area (Å²) in [4.78, 5) is 0. The lowest BCUT2D eigenvalue weighted by Crippen LogP contribution is -2.24. The van der Waals surface area contributed by atoms with Crippen LogP contribution >= 0.6 is 0 Å². The Morgan fingerprint density at radius 3 is 2.09 bits per heavy atom. The Morgan fingerprint density at radius 1 is 1.27 bits per heavy atom. The van der Waals surface area contributed by atoms with E-state index in [1.807, 2.05) is 0 Å². The van der Waals surface area contributed by atoms with Gasteiger partial charge in [-0.3, -0.25) is 0 Å². The van der Waals surface area contributed by atoms with Crippen molar-refractivity contribution in [1.82, 2.24) is 5.32 Å². The van der Waals surface area contributed by atoms with Gasteiger partial charge in [-0.15, -0.1) is 0 Å². The maximum absolute atomic E-state index is 3.38. The first-order valence-corrected chi connectivity index (χ1v) is 4.46. The van der Waals surface area contributed by atoms with Crippen LogP contribution in [0.25, 0.3) is 0 Å². The van der Waals surface area contributed by atoms with Crippen LogP contribution in [0.3, 0.4) is 0 Å². The van der Waals surface area contributed by atoms with Gasteiger partial charge in [0.2, 0.25) is 0 Å². The quantitative estimate of drug-likeness (QED) is 0.660. The van der Waals surface area contributed by atoms with Gasteiger partial charge in [-0.25, -0.2) is 0 Å². The molecule has 0 amide bonds. The maximum Gasteiger partial charge on any atom is 0.0120 e. The van der Waals surface area contributed by atoms with E-state index in [0.29, 0.717) is 0 Å². The molecule has 0 bridgehead atoms. The van der Waals surface area contributed by atoms with Crippen LogP contribution in [0.15, 0.2) is 11.8 Å². The third kappa shape index (κ3) is 4.07. The van der Waals surface area contributed by atoms with Crippen LogP contribution in [-0.4, -0.2) is 6.54 Å². The molecule has 0 aromatic rings. The van der Waals surface area contributed by atoms with Crippen LogP contribution in [0.2, 0.25) is 0 Å². The molecule has 0 aliphatic rings. The largest absolute Gasteiger partial charge is 0.388 e. The number of hydrogen-bond acceptors (Lipinski definition) is 1. The van der Waals surface area contributed by atoms with Gasteiger partial charge in [-0.1, -0.05) is 33.8 Å². The highest BCUT2D eigenvalue weighted by Crippen LogP contribution is 2.22. The highest BCUT2D eigenvalue weighted by atomic mass is 14.9. The van der Waals surface area contributed by atoms with Gasteiger partial charge in [0.05, 0.1) is 0 Å². The van der Waals surface area contributed by atoms with Crippen molar-refractivity contribution in [2.45, 2.75) is 41.0 Å². The van der Waals surface area contributed by atoms with E-state index in [0.717, 1.165) is 13.0 Å². The van der Waals surface area contributed by atoms with Gasteiger partial charge in [-0.2, -0.15) is 0 Å². The second-order valence-electron chi connectivity index (χ2n) is 3.81. The van der Waals surface area contributed by atoms with Crippen molar-refractivity contribution in [2.75, 3.05) is 6.54 Å². The smallest absolute Gasteiger partial charge is 0.0120 e. The summed E-state index contributed by atoms with van der Waals surface area (Å²) < 4.78 is 0. The van der Waals surface area contributed by atoms with Gasteiger partial charge < -0.3 is 5.32 Å². The van der Waals surface area contributed by atoms with E-state index >= 15 is 0 Å². The van der Waals surface area contributed by atoms with Gasteiger partial charge >= 0.3 is 0 Å². The van der Waals surface area contributed by atoms with Crippen molar-refractivity contribution in [3.63, 3.8) is 0 Å². The second-order valence-corrected chi connectivity index (χ2v) is 3.81. The summed E-state index contributed by atoms with van der Waals surface area (Å²) in [7, 11) is 0. The predicted molar refractivity (Wildman–Crippen MR) is 51.5 cm³/mol. The fraction of sp³-hybridized carbons (Fsp3) is 0.800. The molecule has 1 heteroatoms. The van der Waals surface area contributed by atoms with Gasteiger partial charge in [0.1, 0.15) is 0 Å². The molecule has 0 radical (unpaired) electrons. The van der Waals surface area contributed by atoms with E-state index < -0.39 is 0 Å². The van der Waals surface area contributed by atoms with Gasteiger partial charge in [0.25, 0.3) is 0 Å². The topological polar surface area (TPSA) is 12.0 Å². The SMILES string of the molecule is CC/C=C(\NCC)C(C)(C)C. The Labute approximate surface area is 70.9 Å². The molecule has 66 valence electrons. The van der Waals surface area contributed by atoms with Gasteiger partial charge in [0, 0.05) is 17.7 Å². The van der Waals surface area contributed by atoms with E-state index in [9.17, 15) is 0 Å². The summed E-state index contributed by atoms with van der Waals surface area (Å²) in [5.74, 6) is 0. The minimum atomic E-state index is 0.270. The Morgan fingerprint density at radius 2 is 1.82 bits per heavy atom. The molecule has 0 saturated carbocycles. The van der Waals surface area contributed by atoms with Crippen molar-refractivity contribution >= 4 is 0 Å². The van der Waals surface area contributed by atoms with E-state index in [1.165, 1.54) is 5.70 Å². The number of nitrogens with one attached hydrogen (secondary N) is 1. The van der Waals surface area contributed by atoms with Crippen LogP contribution in [0, 0.1) is 5.41 Å². The van der Waals surface area contributed by atoms with E-state index in [2.05, 4.69) is 46.0 Å². The Hall–Kier alpha value is -0.460. The molecular formula is C10H21N. The van der Waals surface area contributed by atoms with E-state index in [1.54, 1.807) is 0 Å². The van der Waals surface area contributed by atoms with Crippen LogP contribution < -0.4 is 5.32 Å². The fourth-order valence-electron chi connectivity index (χ4n) is 1.04. The molecule has 1 nitrogen and oxygen atoms in total. The number of rotatable bonds is 3. The Balaban J connectivity index is 4.22. The van der Waals surface area contributed by atoms with Crippen molar-refractivity contribution < 1.29 is 0 Å². The molecule has 0 aliphatic heterocycles. The average molecular weight is 155 g/mol. The summed E-state index contributed by atoms with van der Waals surface area (Å²) in [5.41, 5.74) is 1.63. The zero-order chi connectivity index (χ0) is 8.91. The first-order chi connectivity index (χ1) is 5.02. The van der Waals surface area contributed by atoms with Crippen molar-refractivity contribution in [1.29, 1.82) is 0 Å². The summed E-state index contributed by atoms with van der Waals surface area (Å²) in [6.07, 6.45) is 3.38. The lowest BCUT2D eigenvalue weighted by atomic mass is 9.91. The molecule has 0 rings (SSSR count). The average Bonchev–Trinajstić information content (AvgIpc) is 1.85. The monoisotopic (exact) mass is 155 g/mol. The fourth-order valence-corrected chi connectivity index (χ4v) is 1.04. The van der Waals surface area contributed by atoms with Gasteiger partial charge in [0.15, 0.2) is 0 Å². The highest BCUT2D eigenvalue weighted by Gasteiger charge is 2.14. The number of hydrogen-bond donors (Lipinski definition) is 1. The summed E-state index contributed by atoms with van der Waals surface area (Å²) in [5, 5.41) is 3.38. The summed E-state index contributed by atoms with van der Waals surface area (Å²) >= 11 is 0. The van der Waals surface area contributed by atoms with Crippen LogP contribution in [0.4, 0.5) is 0 Å². The third-order valence-electron chi connectivity index (χ3n) is 1.58. The first kappa shape index (κ1) is 10.5. The highest BCUT2D eigenvalue weighted by molar-refractivity contribution is 5.07.